The molecule has 1 heterocycles. The van der Waals surface area contributed by atoms with Crippen LogP contribution in [0.1, 0.15) is 17.4 Å². The van der Waals surface area contributed by atoms with Crippen LogP contribution in [0.2, 0.25) is 0 Å². The lowest BCUT2D eigenvalue weighted by Gasteiger charge is -2.02. The van der Waals surface area contributed by atoms with Crippen LogP contribution in [0, 0.1) is 6.92 Å². The number of thiophene rings is 1. The van der Waals surface area contributed by atoms with E-state index in [-0.39, 0.29) is 0 Å². The van der Waals surface area contributed by atoms with Crippen LogP contribution in [-0.2, 0) is 16.6 Å². The molecule has 0 fully saturated rings. The maximum absolute atomic E-state index is 12.0. The van der Waals surface area contributed by atoms with Crippen LogP contribution < -0.4 is 10.0 Å². The summed E-state index contributed by atoms with van der Waals surface area (Å²) in [7, 11) is -3.33. The van der Waals surface area contributed by atoms with Gasteiger partial charge in [0.15, 0.2) is 0 Å². The molecule has 0 aromatic carbocycles. The van der Waals surface area contributed by atoms with Crippen LogP contribution in [0.15, 0.2) is 10.3 Å². The summed E-state index contributed by atoms with van der Waals surface area (Å²) in [6.45, 7) is 6.07. The molecule has 4 nitrogen and oxygen atoms in total. The number of rotatable bonds is 8. The molecule has 0 aliphatic rings. The van der Waals surface area contributed by atoms with E-state index in [2.05, 4.69) is 10.0 Å². The van der Waals surface area contributed by atoms with Crippen LogP contribution in [0.3, 0.4) is 0 Å². The average Bonchev–Trinajstić information content (AvgIpc) is 2.69. The maximum atomic E-state index is 12.0. The van der Waals surface area contributed by atoms with Gasteiger partial charge in [0.1, 0.15) is 4.21 Å². The van der Waals surface area contributed by atoms with E-state index in [0.29, 0.717) is 10.8 Å². The van der Waals surface area contributed by atoms with E-state index < -0.39 is 10.0 Å². The first kappa shape index (κ1) is 16.0. The molecular weight excluding hydrogens is 288 g/mol. The molecule has 1 rings (SSSR count). The van der Waals surface area contributed by atoms with Crippen molar-refractivity contribution in [3.05, 3.63) is 16.5 Å². The summed E-state index contributed by atoms with van der Waals surface area (Å²) in [5, 5.41) is 3.21. The Bertz CT molecular complexity index is 469. The minimum atomic E-state index is -3.33. The van der Waals surface area contributed by atoms with Gasteiger partial charge in [-0.05, 0) is 31.4 Å². The molecule has 7 heteroatoms. The number of nitrogens with one attached hydrogen (secondary N) is 2. The van der Waals surface area contributed by atoms with Crippen LogP contribution in [0.4, 0.5) is 0 Å². The molecule has 0 atom stereocenters. The minimum absolute atomic E-state index is 0.411. The van der Waals surface area contributed by atoms with Gasteiger partial charge in [-0.3, -0.25) is 0 Å². The standard InChI is InChI=1S/C11H20N2O2S3/c1-4-12-8-10-9(2)7-11(17-10)18(14,15)13-5-6-16-3/h7,12-13H,4-6,8H2,1-3H3. The van der Waals surface area contributed by atoms with E-state index >= 15 is 0 Å². The monoisotopic (exact) mass is 308 g/mol. The van der Waals surface area contributed by atoms with E-state index in [1.807, 2.05) is 20.1 Å². The summed E-state index contributed by atoms with van der Waals surface area (Å²) in [5.74, 6) is 0.786. The van der Waals surface area contributed by atoms with Crippen molar-refractivity contribution in [3.63, 3.8) is 0 Å². The summed E-state index contributed by atoms with van der Waals surface area (Å²) >= 11 is 2.97. The van der Waals surface area contributed by atoms with Crippen LogP contribution in [0.25, 0.3) is 0 Å². The van der Waals surface area contributed by atoms with Crippen molar-refractivity contribution >= 4 is 33.1 Å². The zero-order valence-corrected chi connectivity index (χ0v) is 13.4. The van der Waals surface area contributed by atoms with Crippen molar-refractivity contribution < 1.29 is 8.42 Å². The fraction of sp³-hybridized carbons (Fsp3) is 0.636. The van der Waals surface area contributed by atoms with Crippen LogP contribution >= 0.6 is 23.1 Å². The molecule has 2 N–H and O–H groups in total. The summed E-state index contributed by atoms with van der Waals surface area (Å²) < 4.78 is 27.1. The highest BCUT2D eigenvalue weighted by Crippen LogP contribution is 2.25. The van der Waals surface area contributed by atoms with Crippen LogP contribution in [-0.4, -0.2) is 33.5 Å². The van der Waals surface area contributed by atoms with Crippen molar-refractivity contribution in [2.24, 2.45) is 0 Å². The highest BCUT2D eigenvalue weighted by Gasteiger charge is 2.17. The first-order chi connectivity index (χ1) is 8.51. The molecule has 0 aliphatic heterocycles. The van der Waals surface area contributed by atoms with E-state index in [0.717, 1.165) is 29.3 Å². The average molecular weight is 308 g/mol. The first-order valence-electron chi connectivity index (χ1n) is 5.80. The smallest absolute Gasteiger partial charge is 0.250 e. The lowest BCUT2D eigenvalue weighted by molar-refractivity contribution is 0.586. The van der Waals surface area contributed by atoms with Gasteiger partial charge in [-0.15, -0.1) is 11.3 Å². The molecule has 0 saturated carbocycles. The second-order valence-electron chi connectivity index (χ2n) is 3.84. The quantitative estimate of drug-likeness (QED) is 0.719. The zero-order chi connectivity index (χ0) is 13.6. The zero-order valence-electron chi connectivity index (χ0n) is 10.9. The summed E-state index contributed by atoms with van der Waals surface area (Å²) in [6, 6.07) is 1.75. The molecule has 0 saturated heterocycles. The summed E-state index contributed by atoms with van der Waals surface area (Å²) in [4.78, 5) is 1.09. The van der Waals surface area contributed by atoms with E-state index in [1.54, 1.807) is 17.8 Å². The molecule has 0 unspecified atom stereocenters. The third-order valence-electron chi connectivity index (χ3n) is 2.40. The molecule has 0 amide bonds. The predicted molar refractivity (Wildman–Crippen MR) is 80.0 cm³/mol. The second-order valence-corrected chi connectivity index (χ2v) is 7.96. The predicted octanol–water partition coefficient (Wildman–Crippen LogP) is 1.81. The third-order valence-corrected chi connectivity index (χ3v) is 6.18. The number of thioether (sulfide) groups is 1. The van der Waals surface area contributed by atoms with Crippen LogP contribution in [0.5, 0.6) is 0 Å². The van der Waals surface area contributed by atoms with Gasteiger partial charge in [-0.1, -0.05) is 6.92 Å². The van der Waals surface area contributed by atoms with Crippen molar-refractivity contribution in [3.8, 4) is 0 Å². The minimum Gasteiger partial charge on any atom is -0.312 e. The van der Waals surface area contributed by atoms with Gasteiger partial charge in [-0.2, -0.15) is 11.8 Å². The SMILES string of the molecule is CCNCc1sc(S(=O)(=O)NCCSC)cc1C. The highest BCUT2D eigenvalue weighted by molar-refractivity contribution is 7.98. The van der Waals surface area contributed by atoms with Crippen molar-refractivity contribution in [1.29, 1.82) is 0 Å². The lowest BCUT2D eigenvalue weighted by Crippen LogP contribution is -2.25. The fourth-order valence-corrected chi connectivity index (χ4v) is 4.45. The van der Waals surface area contributed by atoms with E-state index in [4.69, 9.17) is 0 Å². The number of sulfonamides is 1. The normalized spacial score (nSPS) is 11.9. The van der Waals surface area contributed by atoms with Gasteiger partial charge in [0.2, 0.25) is 10.0 Å². The Morgan fingerprint density at radius 3 is 2.78 bits per heavy atom. The lowest BCUT2D eigenvalue weighted by atomic mass is 10.3. The Kier molecular flexibility index (Phi) is 6.65. The fourth-order valence-electron chi connectivity index (χ4n) is 1.38. The summed E-state index contributed by atoms with van der Waals surface area (Å²) in [6.07, 6.45) is 1.96. The molecule has 1 aromatic rings. The van der Waals surface area contributed by atoms with E-state index in [1.165, 1.54) is 11.3 Å². The van der Waals surface area contributed by atoms with Gasteiger partial charge in [0.25, 0.3) is 0 Å². The maximum Gasteiger partial charge on any atom is 0.250 e. The largest absolute Gasteiger partial charge is 0.312 e. The third kappa shape index (κ3) is 4.55. The Labute approximate surface area is 118 Å². The Morgan fingerprint density at radius 2 is 2.17 bits per heavy atom. The van der Waals surface area contributed by atoms with Gasteiger partial charge >= 0.3 is 0 Å². The molecule has 0 radical (unpaired) electrons. The highest BCUT2D eigenvalue weighted by atomic mass is 32.2. The molecule has 104 valence electrons. The number of hydrogen-bond acceptors (Lipinski definition) is 5. The molecule has 0 aliphatic carbocycles. The molecular formula is C11H20N2O2S3. The molecule has 18 heavy (non-hydrogen) atoms. The van der Waals surface area contributed by atoms with Gasteiger partial charge in [-0.25, -0.2) is 13.1 Å². The van der Waals surface area contributed by atoms with Gasteiger partial charge in [0, 0.05) is 23.7 Å². The first-order valence-corrected chi connectivity index (χ1v) is 9.49. The number of hydrogen-bond donors (Lipinski definition) is 2. The van der Waals surface area contributed by atoms with Crippen molar-refractivity contribution in [1.82, 2.24) is 10.0 Å². The number of aryl methyl sites for hydroxylation is 1. The Hall–Kier alpha value is -0.0800. The second kappa shape index (κ2) is 7.49. The Balaban J connectivity index is 2.76. The van der Waals surface area contributed by atoms with Crippen molar-refractivity contribution in [2.75, 3.05) is 25.1 Å². The topological polar surface area (TPSA) is 58.2 Å². The molecule has 0 spiro atoms. The molecule has 1 aromatic heterocycles. The van der Waals surface area contributed by atoms with Gasteiger partial charge < -0.3 is 5.32 Å². The van der Waals surface area contributed by atoms with E-state index in [9.17, 15) is 8.42 Å². The van der Waals surface area contributed by atoms with Crippen molar-refractivity contribution in [2.45, 2.75) is 24.6 Å². The van der Waals surface area contributed by atoms with Gasteiger partial charge in [0.05, 0.1) is 0 Å². The molecule has 0 bridgehead atoms. The Morgan fingerprint density at radius 1 is 1.44 bits per heavy atom. The summed E-state index contributed by atoms with van der Waals surface area (Å²) in [5.41, 5.74) is 1.03.